The van der Waals surface area contributed by atoms with Gasteiger partial charge in [0.15, 0.2) is 0 Å². The van der Waals surface area contributed by atoms with Crippen LogP contribution in [0.15, 0.2) is 97.1 Å². The molecule has 3 aliphatic heterocycles. The van der Waals surface area contributed by atoms with Crippen LogP contribution in [0.3, 0.4) is 0 Å². The highest BCUT2D eigenvalue weighted by Crippen LogP contribution is 2.56. The highest BCUT2D eigenvalue weighted by atomic mass is 16.8. The Hall–Kier alpha value is -3.68. The Kier molecular flexibility index (Phi) is 5.60. The molecule has 6 heteroatoms. The zero-order valence-electron chi connectivity index (χ0n) is 22.9. The molecule has 41 heavy (non-hydrogen) atoms. The second-order valence-corrected chi connectivity index (χ2v) is 11.8. The lowest BCUT2D eigenvalue weighted by molar-refractivity contribution is -0.129. The van der Waals surface area contributed by atoms with Crippen LogP contribution in [0.4, 0.5) is 0 Å². The molecule has 0 saturated carbocycles. The first kappa shape index (κ1) is 25.1. The quantitative estimate of drug-likeness (QED) is 0.175. The molecule has 1 aliphatic carbocycles. The standard InChI is InChI=1S/C35H32O6/c1-33(36,18-27-20-37-27)40-25-14-10-23(11-15-25)35(31-8-4-2-6-29(31)30-7-3-5-9-32(30)35)24-12-16-26(17-13-24)41-34(22-39-34)19-28-21-38-28/h2-17,27-28,36H,18-22H2,1H3. The first-order valence-electron chi connectivity index (χ1n) is 14.3. The largest absolute Gasteiger partial charge is 0.463 e. The second-order valence-electron chi connectivity index (χ2n) is 11.8. The topological polar surface area (TPSA) is 76.3 Å². The lowest BCUT2D eigenvalue weighted by atomic mass is 9.68. The van der Waals surface area contributed by atoms with Gasteiger partial charge in [-0.25, -0.2) is 0 Å². The van der Waals surface area contributed by atoms with Crippen LogP contribution in [-0.2, 0) is 19.6 Å². The fourth-order valence-electron chi connectivity index (χ4n) is 6.52. The zero-order valence-corrected chi connectivity index (χ0v) is 22.9. The van der Waals surface area contributed by atoms with Gasteiger partial charge < -0.3 is 28.8 Å². The van der Waals surface area contributed by atoms with Crippen molar-refractivity contribution in [3.63, 3.8) is 0 Å². The van der Waals surface area contributed by atoms with Crippen molar-refractivity contribution in [2.75, 3.05) is 19.8 Å². The summed E-state index contributed by atoms with van der Waals surface area (Å²) < 4.78 is 28.7. The molecule has 4 aliphatic rings. The summed E-state index contributed by atoms with van der Waals surface area (Å²) in [6.45, 7) is 3.73. The molecule has 8 rings (SSSR count). The van der Waals surface area contributed by atoms with E-state index in [1.165, 1.54) is 22.3 Å². The lowest BCUT2D eigenvalue weighted by Crippen LogP contribution is -2.33. The second kappa shape index (κ2) is 9.16. The van der Waals surface area contributed by atoms with E-state index in [1.807, 2.05) is 24.3 Å². The maximum absolute atomic E-state index is 10.8. The molecule has 0 bridgehead atoms. The molecule has 3 fully saturated rings. The summed E-state index contributed by atoms with van der Waals surface area (Å²) in [6, 6.07) is 33.9. The van der Waals surface area contributed by atoms with E-state index in [2.05, 4.69) is 72.8 Å². The van der Waals surface area contributed by atoms with Crippen LogP contribution in [0.2, 0.25) is 0 Å². The number of ether oxygens (including phenoxy) is 5. The molecule has 3 saturated heterocycles. The van der Waals surface area contributed by atoms with Crippen molar-refractivity contribution in [3.05, 3.63) is 119 Å². The van der Waals surface area contributed by atoms with Crippen molar-refractivity contribution in [2.24, 2.45) is 0 Å². The summed E-state index contributed by atoms with van der Waals surface area (Å²) in [6.07, 6.45) is 1.50. The molecule has 3 heterocycles. The summed E-state index contributed by atoms with van der Waals surface area (Å²) in [7, 11) is 0. The minimum atomic E-state index is -1.29. The van der Waals surface area contributed by atoms with Crippen molar-refractivity contribution < 1.29 is 28.8 Å². The highest BCUT2D eigenvalue weighted by Gasteiger charge is 2.52. The van der Waals surface area contributed by atoms with Crippen LogP contribution in [0.5, 0.6) is 11.5 Å². The maximum atomic E-state index is 10.8. The Balaban J connectivity index is 1.20. The molecule has 0 amide bonds. The van der Waals surface area contributed by atoms with Crippen LogP contribution < -0.4 is 9.47 Å². The molecule has 4 atom stereocenters. The summed E-state index contributed by atoms with van der Waals surface area (Å²) in [5, 5.41) is 10.8. The van der Waals surface area contributed by atoms with Crippen LogP contribution in [0.1, 0.15) is 42.0 Å². The van der Waals surface area contributed by atoms with E-state index in [9.17, 15) is 5.11 Å². The van der Waals surface area contributed by atoms with Gasteiger partial charge in [0.1, 0.15) is 18.1 Å². The zero-order chi connectivity index (χ0) is 27.7. The number of epoxide rings is 3. The molecular formula is C35H32O6. The Bertz CT molecular complexity index is 1470. The third kappa shape index (κ3) is 4.52. The molecule has 1 N–H and O–H groups in total. The first-order valence-corrected chi connectivity index (χ1v) is 14.3. The Labute approximate surface area is 239 Å². The van der Waals surface area contributed by atoms with Gasteiger partial charge in [0.2, 0.25) is 11.6 Å². The summed E-state index contributed by atoms with van der Waals surface area (Å²) in [5.74, 6) is -0.452. The number of hydrogen-bond donors (Lipinski definition) is 1. The lowest BCUT2D eigenvalue weighted by Gasteiger charge is -2.34. The monoisotopic (exact) mass is 548 g/mol. The molecule has 4 aromatic carbocycles. The Morgan fingerprint density at radius 2 is 1.27 bits per heavy atom. The van der Waals surface area contributed by atoms with E-state index in [0.29, 0.717) is 25.4 Å². The predicted octanol–water partition coefficient (Wildman–Crippen LogP) is 5.82. The SMILES string of the molecule is CC(O)(CC1CO1)Oc1ccc(C2(c3ccc(OC4(CC5CO5)CO4)cc3)c3ccccc3-c3ccccc32)cc1. The summed E-state index contributed by atoms with van der Waals surface area (Å²) in [4.78, 5) is 0. The molecule has 0 aromatic heterocycles. The van der Waals surface area contributed by atoms with Crippen LogP contribution in [-0.4, -0.2) is 48.7 Å². The third-order valence-corrected chi connectivity index (χ3v) is 8.58. The van der Waals surface area contributed by atoms with Gasteiger partial charge in [-0.15, -0.1) is 0 Å². The third-order valence-electron chi connectivity index (χ3n) is 8.58. The normalized spacial score (nSPS) is 25.9. The van der Waals surface area contributed by atoms with Crippen molar-refractivity contribution in [1.29, 1.82) is 0 Å². The van der Waals surface area contributed by atoms with E-state index in [1.54, 1.807) is 6.92 Å². The van der Waals surface area contributed by atoms with Gasteiger partial charge in [-0.3, -0.25) is 0 Å². The molecular weight excluding hydrogens is 516 g/mol. The van der Waals surface area contributed by atoms with Crippen LogP contribution in [0, 0.1) is 0 Å². The van der Waals surface area contributed by atoms with Gasteiger partial charge in [0.05, 0.1) is 30.8 Å². The van der Waals surface area contributed by atoms with Gasteiger partial charge in [0, 0.05) is 19.8 Å². The van der Waals surface area contributed by atoms with E-state index >= 15 is 0 Å². The molecule has 4 aromatic rings. The van der Waals surface area contributed by atoms with Gasteiger partial charge in [-0.2, -0.15) is 0 Å². The van der Waals surface area contributed by atoms with E-state index in [0.717, 1.165) is 29.9 Å². The number of rotatable bonds is 10. The van der Waals surface area contributed by atoms with Gasteiger partial charge >= 0.3 is 0 Å². The Morgan fingerprint density at radius 3 is 1.78 bits per heavy atom. The number of fused-ring (bicyclic) bond motifs is 3. The fraction of sp³-hybridized carbons (Fsp3) is 0.314. The van der Waals surface area contributed by atoms with E-state index < -0.39 is 17.0 Å². The molecule has 4 unspecified atom stereocenters. The number of aliphatic hydroxyl groups is 1. The van der Waals surface area contributed by atoms with E-state index in [4.69, 9.17) is 23.7 Å². The first-order chi connectivity index (χ1) is 19.9. The average molecular weight is 549 g/mol. The molecule has 6 nitrogen and oxygen atoms in total. The minimum Gasteiger partial charge on any atom is -0.463 e. The predicted molar refractivity (Wildman–Crippen MR) is 153 cm³/mol. The summed E-state index contributed by atoms with van der Waals surface area (Å²) >= 11 is 0. The number of benzene rings is 4. The van der Waals surface area contributed by atoms with Crippen molar-refractivity contribution in [3.8, 4) is 22.6 Å². The Morgan fingerprint density at radius 1 is 0.756 bits per heavy atom. The van der Waals surface area contributed by atoms with Crippen LogP contribution in [0.25, 0.3) is 11.1 Å². The molecule has 208 valence electrons. The van der Waals surface area contributed by atoms with Crippen LogP contribution >= 0.6 is 0 Å². The van der Waals surface area contributed by atoms with Crippen molar-refractivity contribution >= 4 is 0 Å². The smallest absolute Gasteiger partial charge is 0.237 e. The van der Waals surface area contributed by atoms with Crippen molar-refractivity contribution in [1.82, 2.24) is 0 Å². The summed E-state index contributed by atoms with van der Waals surface area (Å²) in [5.41, 5.74) is 6.64. The minimum absolute atomic E-state index is 0.0642. The number of hydrogen-bond acceptors (Lipinski definition) is 6. The van der Waals surface area contributed by atoms with Gasteiger partial charge in [-0.1, -0.05) is 72.8 Å². The average Bonchev–Trinajstić information content (AvgIpc) is 3.89. The molecule has 0 radical (unpaired) electrons. The van der Waals surface area contributed by atoms with Gasteiger partial charge in [0.25, 0.3) is 0 Å². The fourth-order valence-corrected chi connectivity index (χ4v) is 6.52. The van der Waals surface area contributed by atoms with E-state index in [-0.39, 0.29) is 12.2 Å². The molecule has 0 spiro atoms. The maximum Gasteiger partial charge on any atom is 0.237 e. The highest BCUT2D eigenvalue weighted by molar-refractivity contribution is 5.86. The van der Waals surface area contributed by atoms with Gasteiger partial charge in [-0.05, 0) is 57.6 Å². The van der Waals surface area contributed by atoms with Crippen molar-refractivity contribution in [2.45, 2.75) is 49.0 Å².